The van der Waals surface area contributed by atoms with Crippen molar-refractivity contribution in [3.63, 3.8) is 0 Å². The van der Waals surface area contributed by atoms with Crippen molar-refractivity contribution in [3.8, 4) is 5.69 Å². The number of rotatable bonds is 10. The molecule has 3 rings (SSSR count). The molecule has 0 spiro atoms. The number of hydrogen-bond acceptors (Lipinski definition) is 3. The highest BCUT2D eigenvalue weighted by Gasteiger charge is 2.28. The minimum absolute atomic E-state index is 0.0906. The first-order valence-corrected chi connectivity index (χ1v) is 12.7. The van der Waals surface area contributed by atoms with Gasteiger partial charge in [0, 0.05) is 13.0 Å². The molecular formula is C29H39N3O2. The van der Waals surface area contributed by atoms with Crippen LogP contribution in [-0.2, 0) is 4.79 Å². The van der Waals surface area contributed by atoms with Crippen LogP contribution >= 0.6 is 0 Å². The van der Waals surface area contributed by atoms with E-state index in [0.717, 1.165) is 30.5 Å². The largest absolute Gasteiger partial charge is 0.332 e. The fourth-order valence-corrected chi connectivity index (χ4v) is 4.35. The molecule has 0 aliphatic heterocycles. The lowest BCUT2D eigenvalue weighted by Gasteiger charge is -2.33. The molecule has 3 aromatic rings. The summed E-state index contributed by atoms with van der Waals surface area (Å²) in [6.45, 7) is 13.3. The lowest BCUT2D eigenvalue weighted by molar-refractivity contribution is -0.134. The molecule has 1 heterocycles. The molecule has 0 saturated heterocycles. The summed E-state index contributed by atoms with van der Waals surface area (Å²) in [5, 5.41) is 0.588. The first kappa shape index (κ1) is 25.7. The van der Waals surface area contributed by atoms with Gasteiger partial charge in [0.2, 0.25) is 5.91 Å². The van der Waals surface area contributed by atoms with Crippen LogP contribution in [0.5, 0.6) is 0 Å². The molecule has 0 aliphatic rings. The number of para-hydroxylation sites is 1. The lowest BCUT2D eigenvalue weighted by atomic mass is 10.0. The Morgan fingerprint density at radius 2 is 1.79 bits per heavy atom. The first-order chi connectivity index (χ1) is 16.3. The smallest absolute Gasteiger partial charge is 0.266 e. The van der Waals surface area contributed by atoms with Crippen molar-refractivity contribution in [3.05, 3.63) is 69.8 Å². The normalized spacial score (nSPS) is 12.3. The van der Waals surface area contributed by atoms with Crippen LogP contribution in [0.4, 0.5) is 0 Å². The van der Waals surface area contributed by atoms with Gasteiger partial charge >= 0.3 is 0 Å². The van der Waals surface area contributed by atoms with E-state index in [2.05, 4.69) is 41.5 Å². The van der Waals surface area contributed by atoms with Crippen molar-refractivity contribution in [2.45, 2.75) is 79.7 Å². The van der Waals surface area contributed by atoms with Crippen LogP contribution in [0.3, 0.4) is 0 Å². The summed E-state index contributed by atoms with van der Waals surface area (Å²) < 4.78 is 1.73. The van der Waals surface area contributed by atoms with Crippen molar-refractivity contribution in [1.29, 1.82) is 0 Å². The Labute approximate surface area is 203 Å². The third-order valence-electron chi connectivity index (χ3n) is 6.62. The number of benzene rings is 2. The van der Waals surface area contributed by atoms with Gasteiger partial charge in [0.05, 0.1) is 22.6 Å². The Morgan fingerprint density at radius 3 is 2.44 bits per heavy atom. The monoisotopic (exact) mass is 461 g/mol. The maximum atomic E-state index is 13.8. The van der Waals surface area contributed by atoms with Crippen LogP contribution in [0.2, 0.25) is 0 Å². The van der Waals surface area contributed by atoms with Crippen molar-refractivity contribution in [2.75, 3.05) is 6.54 Å². The molecule has 1 amide bonds. The highest BCUT2D eigenvalue weighted by Crippen LogP contribution is 2.28. The molecule has 0 radical (unpaired) electrons. The van der Waals surface area contributed by atoms with Crippen molar-refractivity contribution >= 4 is 16.8 Å². The molecule has 0 N–H and O–H groups in total. The molecule has 5 heteroatoms. The van der Waals surface area contributed by atoms with E-state index in [1.165, 1.54) is 5.56 Å². The number of unbranched alkanes of at least 4 members (excludes halogenated alkanes) is 1. The Hall–Kier alpha value is -2.95. The van der Waals surface area contributed by atoms with E-state index in [4.69, 9.17) is 4.98 Å². The van der Waals surface area contributed by atoms with Gasteiger partial charge in [0.15, 0.2) is 0 Å². The van der Waals surface area contributed by atoms with Crippen LogP contribution < -0.4 is 5.56 Å². The summed E-state index contributed by atoms with van der Waals surface area (Å²) in [5.41, 5.74) is 3.67. The molecule has 0 saturated carbocycles. The summed E-state index contributed by atoms with van der Waals surface area (Å²) >= 11 is 0. The van der Waals surface area contributed by atoms with Gasteiger partial charge in [0.25, 0.3) is 5.56 Å². The van der Waals surface area contributed by atoms with Gasteiger partial charge in [-0.2, -0.15) is 0 Å². The van der Waals surface area contributed by atoms with E-state index < -0.39 is 0 Å². The van der Waals surface area contributed by atoms with E-state index in [-0.39, 0.29) is 17.5 Å². The fraction of sp³-hybridized carbons (Fsp3) is 0.483. The van der Waals surface area contributed by atoms with E-state index in [1.54, 1.807) is 4.57 Å². The summed E-state index contributed by atoms with van der Waals surface area (Å²) in [7, 11) is 0. The SMILES string of the molecule is CCCCC(=O)N(CCC(C)C)C(CC)c1nc2ccccc2c(=O)n1-c1ccc(C)c(C)c1. The van der Waals surface area contributed by atoms with Crippen LogP contribution in [0.25, 0.3) is 16.6 Å². The topological polar surface area (TPSA) is 55.2 Å². The molecule has 0 fully saturated rings. The van der Waals surface area contributed by atoms with E-state index in [0.29, 0.717) is 42.0 Å². The number of aromatic nitrogens is 2. The van der Waals surface area contributed by atoms with Gasteiger partial charge in [-0.05, 0) is 74.4 Å². The van der Waals surface area contributed by atoms with Crippen LogP contribution in [0, 0.1) is 19.8 Å². The molecule has 1 atom stereocenters. The molecule has 0 aliphatic carbocycles. The third kappa shape index (κ3) is 5.57. The van der Waals surface area contributed by atoms with Gasteiger partial charge in [-0.15, -0.1) is 0 Å². The third-order valence-corrected chi connectivity index (χ3v) is 6.62. The number of carbonyl (C=O) groups excluding carboxylic acids is 1. The Kier molecular flexibility index (Phi) is 8.65. The zero-order chi connectivity index (χ0) is 24.8. The average molecular weight is 462 g/mol. The predicted octanol–water partition coefficient (Wildman–Crippen LogP) is 6.52. The number of amides is 1. The zero-order valence-corrected chi connectivity index (χ0v) is 21.6. The Balaban J connectivity index is 2.25. The Morgan fingerprint density at radius 1 is 1.06 bits per heavy atom. The summed E-state index contributed by atoms with van der Waals surface area (Å²) in [6.07, 6.45) is 3.96. The van der Waals surface area contributed by atoms with Crippen LogP contribution in [-0.4, -0.2) is 26.9 Å². The average Bonchev–Trinajstić information content (AvgIpc) is 2.82. The number of nitrogens with zero attached hydrogens (tertiary/aromatic N) is 3. The molecule has 0 bridgehead atoms. The summed E-state index contributed by atoms with van der Waals surface area (Å²) in [4.78, 5) is 34.2. The quantitative estimate of drug-likeness (QED) is 0.345. The lowest BCUT2D eigenvalue weighted by Crippen LogP contribution is -2.39. The number of carbonyl (C=O) groups is 1. The molecule has 34 heavy (non-hydrogen) atoms. The van der Waals surface area contributed by atoms with Gasteiger partial charge in [0.1, 0.15) is 5.82 Å². The van der Waals surface area contributed by atoms with Crippen molar-refractivity contribution in [1.82, 2.24) is 14.5 Å². The molecule has 182 valence electrons. The van der Waals surface area contributed by atoms with Crippen molar-refractivity contribution in [2.24, 2.45) is 5.92 Å². The van der Waals surface area contributed by atoms with Crippen molar-refractivity contribution < 1.29 is 4.79 Å². The van der Waals surface area contributed by atoms with E-state index in [1.807, 2.05) is 47.4 Å². The molecular weight excluding hydrogens is 422 g/mol. The highest BCUT2D eigenvalue weighted by molar-refractivity contribution is 5.79. The van der Waals surface area contributed by atoms with E-state index >= 15 is 0 Å². The maximum absolute atomic E-state index is 13.8. The molecule has 2 aromatic carbocycles. The zero-order valence-electron chi connectivity index (χ0n) is 21.6. The molecule has 1 aromatic heterocycles. The number of aryl methyl sites for hydroxylation is 2. The van der Waals surface area contributed by atoms with E-state index in [9.17, 15) is 9.59 Å². The van der Waals surface area contributed by atoms with Gasteiger partial charge < -0.3 is 4.90 Å². The minimum atomic E-state index is -0.276. The second kappa shape index (κ2) is 11.5. The van der Waals surface area contributed by atoms with Gasteiger partial charge in [-0.25, -0.2) is 4.98 Å². The second-order valence-electron chi connectivity index (χ2n) is 9.69. The number of fused-ring (bicyclic) bond motifs is 1. The number of hydrogen-bond donors (Lipinski definition) is 0. The minimum Gasteiger partial charge on any atom is -0.332 e. The Bertz CT molecular complexity index is 1200. The van der Waals surface area contributed by atoms with Gasteiger partial charge in [-0.1, -0.05) is 52.3 Å². The summed E-state index contributed by atoms with van der Waals surface area (Å²) in [6, 6.07) is 13.3. The maximum Gasteiger partial charge on any atom is 0.266 e. The first-order valence-electron chi connectivity index (χ1n) is 12.7. The highest BCUT2D eigenvalue weighted by atomic mass is 16.2. The molecule has 5 nitrogen and oxygen atoms in total. The second-order valence-corrected chi connectivity index (χ2v) is 9.69. The summed E-state index contributed by atoms with van der Waals surface area (Å²) in [5.74, 6) is 1.26. The van der Waals surface area contributed by atoms with Crippen LogP contribution in [0.15, 0.2) is 47.3 Å². The molecule has 1 unspecified atom stereocenters. The fourth-order valence-electron chi connectivity index (χ4n) is 4.35. The standard InChI is InChI=1S/C29H39N3O2/c1-7-9-14-27(33)31(18-17-20(3)4)26(8-2)28-30-25-13-11-10-12-24(25)29(34)32(28)23-16-15-21(5)22(6)19-23/h10-13,15-16,19-20,26H,7-9,14,17-18H2,1-6H3. The van der Waals surface area contributed by atoms with Gasteiger partial charge in [-0.3, -0.25) is 14.2 Å². The predicted molar refractivity (Wildman–Crippen MR) is 141 cm³/mol. The van der Waals surface area contributed by atoms with Crippen LogP contribution in [0.1, 0.15) is 82.8 Å².